The quantitative estimate of drug-likeness (QED) is 0.646. The maximum absolute atomic E-state index is 12.1. The molecule has 3 rings (SSSR count). The van der Waals surface area contributed by atoms with Crippen molar-refractivity contribution in [3.63, 3.8) is 0 Å². The van der Waals surface area contributed by atoms with E-state index >= 15 is 0 Å². The fourth-order valence-electron chi connectivity index (χ4n) is 2.29. The van der Waals surface area contributed by atoms with Gasteiger partial charge in [0.25, 0.3) is 5.91 Å². The summed E-state index contributed by atoms with van der Waals surface area (Å²) < 4.78 is 10.1. The number of pyridine rings is 1. The number of carbonyl (C=O) groups excluding carboxylic acids is 2. The minimum absolute atomic E-state index is 0.126. The fraction of sp³-hybridized carbons (Fsp3) is 0.222. The molecule has 8 nitrogen and oxygen atoms in total. The van der Waals surface area contributed by atoms with Gasteiger partial charge in [-0.2, -0.15) is 0 Å². The number of rotatable bonds is 7. The lowest BCUT2D eigenvalue weighted by Gasteiger charge is -2.05. The van der Waals surface area contributed by atoms with Gasteiger partial charge in [0.1, 0.15) is 5.76 Å². The van der Waals surface area contributed by atoms with E-state index in [0.29, 0.717) is 34.6 Å². The Hall–Kier alpha value is -3.20. The maximum atomic E-state index is 12.1. The summed E-state index contributed by atoms with van der Waals surface area (Å²) >= 11 is 1.26. The second-order valence-corrected chi connectivity index (χ2v) is 6.51. The van der Waals surface area contributed by atoms with Gasteiger partial charge in [0.2, 0.25) is 11.8 Å². The van der Waals surface area contributed by atoms with Gasteiger partial charge in [-0.25, -0.2) is 9.97 Å². The highest BCUT2D eigenvalue weighted by molar-refractivity contribution is 7.14. The van der Waals surface area contributed by atoms with E-state index in [1.54, 1.807) is 37.7 Å². The van der Waals surface area contributed by atoms with E-state index in [0.717, 1.165) is 5.56 Å². The largest absolute Gasteiger partial charge is 0.481 e. The second kappa shape index (κ2) is 8.45. The van der Waals surface area contributed by atoms with Crippen LogP contribution >= 0.6 is 11.3 Å². The Bertz CT molecular complexity index is 933. The molecular formula is C18H18N4O4S. The summed E-state index contributed by atoms with van der Waals surface area (Å²) in [6.45, 7) is 2.08. The maximum Gasteiger partial charge on any atom is 0.260 e. The predicted octanol–water partition coefficient (Wildman–Crippen LogP) is 2.56. The van der Waals surface area contributed by atoms with Crippen molar-refractivity contribution >= 4 is 28.3 Å². The summed E-state index contributed by atoms with van der Waals surface area (Å²) in [4.78, 5) is 32.6. The molecule has 0 aliphatic carbocycles. The molecule has 2 amide bonds. The van der Waals surface area contributed by atoms with Crippen LogP contribution in [-0.2, 0) is 17.8 Å². The summed E-state index contributed by atoms with van der Waals surface area (Å²) in [5.74, 6) is 0.600. The number of hydrogen-bond donors (Lipinski definition) is 2. The van der Waals surface area contributed by atoms with E-state index in [1.807, 2.05) is 6.07 Å². The Balaban J connectivity index is 1.50. The summed E-state index contributed by atoms with van der Waals surface area (Å²) in [5, 5.41) is 7.69. The molecule has 2 N–H and O–H groups in total. The van der Waals surface area contributed by atoms with Crippen molar-refractivity contribution in [1.82, 2.24) is 15.3 Å². The molecule has 0 aliphatic rings. The molecule has 0 spiro atoms. The van der Waals surface area contributed by atoms with E-state index in [4.69, 9.17) is 9.15 Å². The van der Waals surface area contributed by atoms with Crippen LogP contribution in [0.1, 0.15) is 27.4 Å². The van der Waals surface area contributed by atoms with E-state index in [1.165, 1.54) is 17.6 Å². The third-order valence-electron chi connectivity index (χ3n) is 3.71. The first-order valence-electron chi connectivity index (χ1n) is 8.10. The zero-order valence-electron chi connectivity index (χ0n) is 14.8. The number of furan rings is 1. The van der Waals surface area contributed by atoms with Crippen molar-refractivity contribution in [3.8, 4) is 5.88 Å². The van der Waals surface area contributed by atoms with E-state index in [9.17, 15) is 9.59 Å². The molecule has 0 saturated carbocycles. The Labute approximate surface area is 159 Å². The van der Waals surface area contributed by atoms with Crippen molar-refractivity contribution < 1.29 is 18.7 Å². The normalized spacial score (nSPS) is 10.4. The van der Waals surface area contributed by atoms with Gasteiger partial charge in [-0.1, -0.05) is 6.07 Å². The summed E-state index contributed by atoms with van der Waals surface area (Å²) in [6.07, 6.45) is 3.23. The van der Waals surface area contributed by atoms with Crippen molar-refractivity contribution in [2.75, 3.05) is 12.4 Å². The predicted molar refractivity (Wildman–Crippen MR) is 99.9 cm³/mol. The van der Waals surface area contributed by atoms with Gasteiger partial charge in [0.05, 0.1) is 31.1 Å². The van der Waals surface area contributed by atoms with Gasteiger partial charge in [0, 0.05) is 24.2 Å². The highest BCUT2D eigenvalue weighted by Crippen LogP contribution is 2.18. The number of hydrogen-bond acceptors (Lipinski definition) is 7. The van der Waals surface area contributed by atoms with Crippen molar-refractivity contribution in [1.29, 1.82) is 0 Å². The zero-order chi connectivity index (χ0) is 19.2. The molecule has 0 unspecified atom stereocenters. The molecule has 27 heavy (non-hydrogen) atoms. The average molecular weight is 386 g/mol. The minimum atomic E-state index is -0.293. The standard InChI is InChI=1S/C18H18N4O4S/c1-11-14(5-6-26-11)17(24)22-18-21-13(10-27-18)7-15(23)19-8-12-3-4-16(25-2)20-9-12/h3-6,9-10H,7-8H2,1-2H3,(H,19,23)(H,21,22,24). The average Bonchev–Trinajstić information content (AvgIpc) is 3.29. The summed E-state index contributed by atoms with van der Waals surface area (Å²) in [6, 6.07) is 5.17. The fourth-order valence-corrected chi connectivity index (χ4v) is 3.00. The number of ether oxygens (including phenoxy) is 1. The number of carbonyl (C=O) groups is 2. The lowest BCUT2D eigenvalue weighted by atomic mass is 10.2. The molecule has 0 saturated heterocycles. The van der Waals surface area contributed by atoms with Crippen LogP contribution in [0.3, 0.4) is 0 Å². The lowest BCUT2D eigenvalue weighted by Crippen LogP contribution is -2.24. The minimum Gasteiger partial charge on any atom is -0.481 e. The Morgan fingerprint density at radius 2 is 2.15 bits per heavy atom. The SMILES string of the molecule is COc1ccc(CNC(=O)Cc2csc(NC(=O)c3ccoc3C)n2)cn1. The lowest BCUT2D eigenvalue weighted by molar-refractivity contribution is -0.120. The topological polar surface area (TPSA) is 106 Å². The molecule has 3 aromatic heterocycles. The first-order valence-corrected chi connectivity index (χ1v) is 8.98. The molecule has 3 heterocycles. The van der Waals surface area contributed by atoms with Crippen molar-refractivity contribution in [2.45, 2.75) is 19.9 Å². The summed E-state index contributed by atoms with van der Waals surface area (Å²) in [5.41, 5.74) is 1.91. The molecule has 9 heteroatoms. The molecular weight excluding hydrogens is 368 g/mol. The van der Waals surface area contributed by atoms with Gasteiger partial charge < -0.3 is 14.5 Å². The number of nitrogens with one attached hydrogen (secondary N) is 2. The number of anilines is 1. The highest BCUT2D eigenvalue weighted by atomic mass is 32.1. The van der Waals surface area contributed by atoms with Crippen LogP contribution in [0.15, 0.2) is 40.5 Å². The van der Waals surface area contributed by atoms with Crippen LogP contribution in [0.5, 0.6) is 5.88 Å². The third-order valence-corrected chi connectivity index (χ3v) is 4.52. The molecule has 140 valence electrons. The van der Waals surface area contributed by atoms with E-state index in [-0.39, 0.29) is 18.2 Å². The van der Waals surface area contributed by atoms with Gasteiger partial charge in [-0.05, 0) is 18.6 Å². The summed E-state index contributed by atoms with van der Waals surface area (Å²) in [7, 11) is 1.55. The van der Waals surface area contributed by atoms with Crippen LogP contribution < -0.4 is 15.4 Å². The van der Waals surface area contributed by atoms with Gasteiger partial charge in [0.15, 0.2) is 5.13 Å². The molecule has 3 aromatic rings. The van der Waals surface area contributed by atoms with Gasteiger partial charge in [-0.15, -0.1) is 11.3 Å². The Kier molecular flexibility index (Phi) is 5.82. The number of nitrogens with zero attached hydrogens (tertiary/aromatic N) is 2. The highest BCUT2D eigenvalue weighted by Gasteiger charge is 2.14. The molecule has 0 aromatic carbocycles. The monoisotopic (exact) mass is 386 g/mol. The van der Waals surface area contributed by atoms with Crippen LogP contribution in [0.4, 0.5) is 5.13 Å². The second-order valence-electron chi connectivity index (χ2n) is 5.65. The number of methoxy groups -OCH3 is 1. The first-order chi connectivity index (χ1) is 13.0. The smallest absolute Gasteiger partial charge is 0.260 e. The van der Waals surface area contributed by atoms with Crippen LogP contribution in [0.2, 0.25) is 0 Å². The van der Waals surface area contributed by atoms with Crippen molar-refractivity contribution in [3.05, 3.63) is 58.6 Å². The van der Waals surface area contributed by atoms with Gasteiger partial charge in [-0.3, -0.25) is 14.9 Å². The number of aryl methyl sites for hydroxylation is 1. The number of amides is 2. The Morgan fingerprint density at radius 3 is 2.81 bits per heavy atom. The van der Waals surface area contributed by atoms with Gasteiger partial charge >= 0.3 is 0 Å². The van der Waals surface area contributed by atoms with Crippen LogP contribution in [0, 0.1) is 6.92 Å². The first kappa shape index (κ1) is 18.6. The number of thiazole rings is 1. The molecule has 0 fully saturated rings. The third kappa shape index (κ3) is 4.91. The molecule has 0 bridgehead atoms. The molecule has 0 aliphatic heterocycles. The van der Waals surface area contributed by atoms with Crippen molar-refractivity contribution in [2.24, 2.45) is 0 Å². The van der Waals surface area contributed by atoms with Crippen LogP contribution in [0.25, 0.3) is 0 Å². The Morgan fingerprint density at radius 1 is 1.30 bits per heavy atom. The molecule has 0 radical (unpaired) electrons. The van der Waals surface area contributed by atoms with E-state index in [2.05, 4.69) is 20.6 Å². The molecule has 0 atom stereocenters. The van der Waals surface area contributed by atoms with Crippen LogP contribution in [-0.4, -0.2) is 28.9 Å². The van der Waals surface area contributed by atoms with E-state index < -0.39 is 0 Å². The number of aromatic nitrogens is 2. The zero-order valence-corrected chi connectivity index (χ0v) is 15.6.